The third-order valence-electron chi connectivity index (χ3n) is 2.55. The lowest BCUT2D eigenvalue weighted by atomic mass is 10.1. The van der Waals surface area contributed by atoms with Crippen molar-refractivity contribution in [2.45, 2.75) is 26.0 Å². The number of nitro benzene ring substituents is 1. The molecule has 1 aromatic carbocycles. The van der Waals surface area contributed by atoms with Gasteiger partial charge in [-0.25, -0.2) is 0 Å². The smallest absolute Gasteiger partial charge is 0.269 e. The number of ether oxygens (including phenoxy) is 1. The SMILES string of the molecule is COC(C)(C)CNCc1cccc([N+](=O)[O-])c1. The molecule has 0 aliphatic rings. The summed E-state index contributed by atoms with van der Waals surface area (Å²) in [5.41, 5.74) is 0.780. The van der Waals surface area contributed by atoms with Gasteiger partial charge in [-0.3, -0.25) is 10.1 Å². The van der Waals surface area contributed by atoms with E-state index in [4.69, 9.17) is 4.74 Å². The Kier molecular flexibility index (Phi) is 4.60. The van der Waals surface area contributed by atoms with Crippen LogP contribution in [0, 0.1) is 10.1 Å². The molecule has 5 nitrogen and oxygen atoms in total. The second kappa shape index (κ2) is 5.75. The molecule has 0 saturated carbocycles. The molecule has 0 fully saturated rings. The van der Waals surface area contributed by atoms with E-state index < -0.39 is 0 Å². The highest BCUT2D eigenvalue weighted by molar-refractivity contribution is 5.34. The largest absolute Gasteiger partial charge is 0.377 e. The average Bonchev–Trinajstić information content (AvgIpc) is 2.29. The van der Waals surface area contributed by atoms with Gasteiger partial charge in [0.15, 0.2) is 0 Å². The monoisotopic (exact) mass is 238 g/mol. The molecule has 1 N–H and O–H groups in total. The molecule has 0 aliphatic heterocycles. The molecule has 17 heavy (non-hydrogen) atoms. The maximum absolute atomic E-state index is 10.6. The van der Waals surface area contributed by atoms with Crippen LogP contribution in [0.3, 0.4) is 0 Å². The van der Waals surface area contributed by atoms with Gasteiger partial charge >= 0.3 is 0 Å². The Balaban J connectivity index is 2.52. The van der Waals surface area contributed by atoms with Crippen LogP contribution >= 0.6 is 0 Å². The normalized spacial score (nSPS) is 11.5. The van der Waals surface area contributed by atoms with Crippen molar-refractivity contribution in [2.75, 3.05) is 13.7 Å². The van der Waals surface area contributed by atoms with Crippen molar-refractivity contribution in [3.05, 3.63) is 39.9 Å². The Morgan fingerprint density at radius 1 is 1.47 bits per heavy atom. The standard InChI is InChI=1S/C12H18N2O3/c1-12(2,17-3)9-13-8-10-5-4-6-11(7-10)14(15)16/h4-7,13H,8-9H2,1-3H3. The summed E-state index contributed by atoms with van der Waals surface area (Å²) in [5.74, 6) is 0. The number of nitro groups is 1. The third-order valence-corrected chi connectivity index (χ3v) is 2.55. The van der Waals surface area contributed by atoms with Crippen LogP contribution in [-0.2, 0) is 11.3 Å². The Hall–Kier alpha value is -1.46. The molecule has 0 aromatic heterocycles. The topological polar surface area (TPSA) is 64.4 Å². The maximum Gasteiger partial charge on any atom is 0.269 e. The second-order valence-corrected chi connectivity index (χ2v) is 4.49. The summed E-state index contributed by atoms with van der Waals surface area (Å²) >= 11 is 0. The number of nitrogens with one attached hydrogen (secondary N) is 1. The van der Waals surface area contributed by atoms with Crippen LogP contribution in [0.25, 0.3) is 0 Å². The van der Waals surface area contributed by atoms with Gasteiger partial charge in [0, 0.05) is 32.3 Å². The summed E-state index contributed by atoms with van der Waals surface area (Å²) in [5, 5.41) is 13.8. The summed E-state index contributed by atoms with van der Waals surface area (Å²) in [7, 11) is 1.66. The quantitative estimate of drug-likeness (QED) is 0.609. The van der Waals surface area contributed by atoms with E-state index in [1.54, 1.807) is 19.2 Å². The van der Waals surface area contributed by atoms with E-state index in [1.807, 2.05) is 19.9 Å². The lowest BCUT2D eigenvalue weighted by Gasteiger charge is -2.23. The van der Waals surface area contributed by atoms with E-state index in [9.17, 15) is 10.1 Å². The van der Waals surface area contributed by atoms with Gasteiger partial charge < -0.3 is 10.1 Å². The van der Waals surface area contributed by atoms with E-state index in [2.05, 4.69) is 5.32 Å². The van der Waals surface area contributed by atoms with E-state index in [1.165, 1.54) is 6.07 Å². The fraction of sp³-hybridized carbons (Fsp3) is 0.500. The average molecular weight is 238 g/mol. The summed E-state index contributed by atoms with van der Waals surface area (Å²) in [4.78, 5) is 10.2. The predicted molar refractivity (Wildman–Crippen MR) is 65.9 cm³/mol. The summed E-state index contributed by atoms with van der Waals surface area (Å²) < 4.78 is 5.27. The van der Waals surface area contributed by atoms with Gasteiger partial charge in [0.2, 0.25) is 0 Å². The second-order valence-electron chi connectivity index (χ2n) is 4.49. The molecule has 1 rings (SSSR count). The molecule has 0 heterocycles. The van der Waals surface area contributed by atoms with Gasteiger partial charge in [0.05, 0.1) is 10.5 Å². The van der Waals surface area contributed by atoms with E-state index in [-0.39, 0.29) is 16.2 Å². The third kappa shape index (κ3) is 4.50. The van der Waals surface area contributed by atoms with Crippen molar-refractivity contribution in [3.8, 4) is 0 Å². The highest BCUT2D eigenvalue weighted by atomic mass is 16.6. The first-order valence-corrected chi connectivity index (χ1v) is 5.44. The minimum atomic E-state index is -0.386. The number of hydrogen-bond donors (Lipinski definition) is 1. The van der Waals surface area contributed by atoms with Crippen LogP contribution in [0.4, 0.5) is 5.69 Å². The zero-order valence-electron chi connectivity index (χ0n) is 10.4. The van der Waals surface area contributed by atoms with Gasteiger partial charge in [-0.15, -0.1) is 0 Å². The van der Waals surface area contributed by atoms with Crippen LogP contribution in [0.2, 0.25) is 0 Å². The number of methoxy groups -OCH3 is 1. The van der Waals surface area contributed by atoms with Crippen molar-refractivity contribution in [1.82, 2.24) is 5.32 Å². The Labute approximate surface area is 101 Å². The molecule has 0 aliphatic carbocycles. The molecule has 1 aromatic rings. The molecule has 0 spiro atoms. The molecule has 94 valence electrons. The first-order chi connectivity index (χ1) is 7.94. The molecule has 0 saturated heterocycles. The van der Waals surface area contributed by atoms with Crippen molar-refractivity contribution in [2.24, 2.45) is 0 Å². The lowest BCUT2D eigenvalue weighted by molar-refractivity contribution is -0.384. The Bertz CT molecular complexity index is 391. The van der Waals surface area contributed by atoms with E-state index in [0.29, 0.717) is 13.1 Å². The number of non-ortho nitro benzene ring substituents is 1. The highest BCUT2D eigenvalue weighted by Gasteiger charge is 2.15. The van der Waals surface area contributed by atoms with Crippen molar-refractivity contribution >= 4 is 5.69 Å². The summed E-state index contributed by atoms with van der Waals surface area (Å²) in [6, 6.07) is 6.62. The molecule has 0 bridgehead atoms. The van der Waals surface area contributed by atoms with E-state index in [0.717, 1.165) is 5.56 Å². The molecule has 0 unspecified atom stereocenters. The first-order valence-electron chi connectivity index (χ1n) is 5.44. The zero-order chi connectivity index (χ0) is 12.9. The molecule has 0 amide bonds. The number of nitrogens with zero attached hydrogens (tertiary/aromatic N) is 1. The van der Waals surface area contributed by atoms with Crippen LogP contribution in [0.5, 0.6) is 0 Å². The lowest BCUT2D eigenvalue weighted by Crippen LogP contribution is -2.36. The molecular formula is C12H18N2O3. The van der Waals surface area contributed by atoms with Gasteiger partial charge in [-0.1, -0.05) is 12.1 Å². The van der Waals surface area contributed by atoms with Crippen molar-refractivity contribution in [1.29, 1.82) is 0 Å². The van der Waals surface area contributed by atoms with Gasteiger partial charge in [0.25, 0.3) is 5.69 Å². The van der Waals surface area contributed by atoms with Crippen LogP contribution in [0.15, 0.2) is 24.3 Å². The number of benzene rings is 1. The number of hydrogen-bond acceptors (Lipinski definition) is 4. The zero-order valence-corrected chi connectivity index (χ0v) is 10.4. The summed E-state index contributed by atoms with van der Waals surface area (Å²) in [6.07, 6.45) is 0. The molecule has 0 radical (unpaired) electrons. The molecule has 0 atom stereocenters. The van der Waals surface area contributed by atoms with Crippen LogP contribution in [-0.4, -0.2) is 24.2 Å². The van der Waals surface area contributed by atoms with E-state index >= 15 is 0 Å². The Morgan fingerprint density at radius 2 is 2.18 bits per heavy atom. The molecular weight excluding hydrogens is 220 g/mol. The van der Waals surface area contributed by atoms with Gasteiger partial charge in [0.1, 0.15) is 0 Å². The van der Waals surface area contributed by atoms with Crippen molar-refractivity contribution < 1.29 is 9.66 Å². The summed E-state index contributed by atoms with van der Waals surface area (Å²) in [6.45, 7) is 5.24. The van der Waals surface area contributed by atoms with Crippen LogP contribution in [0.1, 0.15) is 19.4 Å². The molecule has 5 heteroatoms. The fourth-order valence-corrected chi connectivity index (χ4v) is 1.36. The van der Waals surface area contributed by atoms with Gasteiger partial charge in [-0.2, -0.15) is 0 Å². The Morgan fingerprint density at radius 3 is 2.76 bits per heavy atom. The van der Waals surface area contributed by atoms with Crippen molar-refractivity contribution in [3.63, 3.8) is 0 Å². The fourth-order valence-electron chi connectivity index (χ4n) is 1.36. The van der Waals surface area contributed by atoms with Crippen LogP contribution < -0.4 is 5.32 Å². The number of rotatable bonds is 6. The van der Waals surface area contributed by atoms with Gasteiger partial charge in [-0.05, 0) is 19.4 Å². The minimum absolute atomic E-state index is 0.121. The first kappa shape index (κ1) is 13.6. The highest BCUT2D eigenvalue weighted by Crippen LogP contribution is 2.13. The maximum atomic E-state index is 10.6. The predicted octanol–water partition coefficient (Wildman–Crippen LogP) is 2.11. The minimum Gasteiger partial charge on any atom is -0.377 e.